The number of carbonyl (C=O) groups excluding carboxylic acids is 2. The van der Waals surface area contributed by atoms with Crippen molar-refractivity contribution in [2.75, 3.05) is 25.7 Å². The molecule has 2 atom stereocenters. The van der Waals surface area contributed by atoms with Crippen LogP contribution in [0.2, 0.25) is 0 Å². The summed E-state index contributed by atoms with van der Waals surface area (Å²) in [4.78, 5) is 28.1. The molecule has 0 unspecified atom stereocenters. The van der Waals surface area contributed by atoms with E-state index in [2.05, 4.69) is 19.2 Å². The van der Waals surface area contributed by atoms with Gasteiger partial charge in [0.15, 0.2) is 0 Å². The summed E-state index contributed by atoms with van der Waals surface area (Å²) in [7, 11) is 3.22. The van der Waals surface area contributed by atoms with Crippen molar-refractivity contribution >= 4 is 17.5 Å². The fourth-order valence-corrected chi connectivity index (χ4v) is 4.10. The first-order valence-corrected chi connectivity index (χ1v) is 10.8. The topological polar surface area (TPSA) is 67.9 Å². The molecule has 2 aromatic rings. The molecule has 31 heavy (non-hydrogen) atoms. The fraction of sp³-hybridized carbons (Fsp3) is 0.440. The van der Waals surface area contributed by atoms with E-state index >= 15 is 0 Å². The van der Waals surface area contributed by atoms with Gasteiger partial charge in [-0.2, -0.15) is 0 Å². The molecule has 2 amide bonds. The summed E-state index contributed by atoms with van der Waals surface area (Å²) in [5.41, 5.74) is 1.57. The molecule has 0 bridgehead atoms. The molecule has 1 saturated heterocycles. The Hall–Kier alpha value is -3.02. The van der Waals surface area contributed by atoms with Crippen molar-refractivity contribution in [3.8, 4) is 11.5 Å². The Morgan fingerprint density at radius 2 is 1.81 bits per heavy atom. The van der Waals surface area contributed by atoms with Crippen LogP contribution < -0.4 is 19.7 Å². The second-order valence-electron chi connectivity index (χ2n) is 8.27. The molecular formula is C25H32N2O4. The van der Waals surface area contributed by atoms with Gasteiger partial charge in [0.2, 0.25) is 11.8 Å². The molecule has 1 aliphatic heterocycles. The molecule has 0 spiro atoms. The summed E-state index contributed by atoms with van der Waals surface area (Å²) in [6.45, 7) is 4.89. The number of carbonyl (C=O) groups is 2. The van der Waals surface area contributed by atoms with E-state index in [4.69, 9.17) is 9.47 Å². The average molecular weight is 425 g/mol. The molecule has 0 saturated carbocycles. The van der Waals surface area contributed by atoms with Gasteiger partial charge in [-0.25, -0.2) is 0 Å². The molecule has 1 fully saturated rings. The third kappa shape index (κ3) is 5.19. The number of hydrogen-bond acceptors (Lipinski definition) is 4. The van der Waals surface area contributed by atoms with Gasteiger partial charge < -0.3 is 19.7 Å². The lowest BCUT2D eigenvalue weighted by Gasteiger charge is -2.41. The van der Waals surface area contributed by atoms with Crippen LogP contribution in [0.5, 0.6) is 11.5 Å². The minimum Gasteiger partial charge on any atom is -0.497 e. The number of anilines is 1. The second kappa shape index (κ2) is 10.3. The Balaban J connectivity index is 2.01. The van der Waals surface area contributed by atoms with E-state index in [1.165, 1.54) is 0 Å². The lowest BCUT2D eigenvalue weighted by molar-refractivity contribution is -0.129. The van der Waals surface area contributed by atoms with E-state index in [1.54, 1.807) is 19.1 Å². The minimum absolute atomic E-state index is 0.00713. The number of amides is 2. The highest BCUT2D eigenvalue weighted by atomic mass is 16.5. The Labute approximate surface area is 184 Å². The van der Waals surface area contributed by atoms with E-state index in [1.807, 2.05) is 48.5 Å². The van der Waals surface area contributed by atoms with Crippen LogP contribution >= 0.6 is 0 Å². The lowest BCUT2D eigenvalue weighted by Crippen LogP contribution is -2.48. The number of benzene rings is 2. The summed E-state index contributed by atoms with van der Waals surface area (Å²) < 4.78 is 10.9. The van der Waals surface area contributed by atoms with Crippen LogP contribution in [0.3, 0.4) is 0 Å². The molecule has 2 aromatic carbocycles. The van der Waals surface area contributed by atoms with Crippen LogP contribution in [0.15, 0.2) is 48.5 Å². The highest BCUT2D eigenvalue weighted by molar-refractivity contribution is 5.97. The molecule has 1 N–H and O–H groups in total. The van der Waals surface area contributed by atoms with E-state index in [9.17, 15) is 9.59 Å². The summed E-state index contributed by atoms with van der Waals surface area (Å²) in [5.74, 6) is 1.48. The highest BCUT2D eigenvalue weighted by Gasteiger charge is 2.42. The fourth-order valence-electron chi connectivity index (χ4n) is 4.10. The predicted octanol–water partition coefficient (Wildman–Crippen LogP) is 4.35. The maximum absolute atomic E-state index is 13.2. The second-order valence-corrected chi connectivity index (χ2v) is 8.27. The number of para-hydroxylation sites is 1. The lowest BCUT2D eigenvalue weighted by atomic mass is 9.82. The number of piperidine rings is 1. The first-order valence-electron chi connectivity index (χ1n) is 10.8. The van der Waals surface area contributed by atoms with Crippen molar-refractivity contribution in [2.45, 2.75) is 39.2 Å². The largest absolute Gasteiger partial charge is 0.497 e. The first kappa shape index (κ1) is 22.7. The van der Waals surface area contributed by atoms with Gasteiger partial charge in [-0.15, -0.1) is 0 Å². The van der Waals surface area contributed by atoms with Crippen LogP contribution in [0, 0.1) is 11.8 Å². The highest BCUT2D eigenvalue weighted by Crippen LogP contribution is 2.43. The zero-order valence-electron chi connectivity index (χ0n) is 18.8. The summed E-state index contributed by atoms with van der Waals surface area (Å²) in [6, 6.07) is 14.5. The number of hydrogen-bond donors (Lipinski definition) is 1. The van der Waals surface area contributed by atoms with Gasteiger partial charge in [0.1, 0.15) is 11.5 Å². The van der Waals surface area contributed by atoms with Crippen LogP contribution in [-0.2, 0) is 9.59 Å². The van der Waals surface area contributed by atoms with Gasteiger partial charge in [0.05, 0.1) is 26.2 Å². The monoisotopic (exact) mass is 424 g/mol. The third-order valence-electron chi connectivity index (χ3n) is 5.76. The molecular weight excluding hydrogens is 392 g/mol. The number of nitrogens with one attached hydrogen (secondary N) is 1. The standard InChI is InChI=1S/C25H32N2O4/c1-17(2)15-16-26-25(29)21-13-14-23(28)27(18-9-11-19(30-3)12-10-18)24(21)20-7-5-6-8-22(20)31-4/h5-12,17,21,24H,13-16H2,1-4H3,(H,26,29)/t21-,24-/m0/s1. The Kier molecular flexibility index (Phi) is 7.55. The predicted molar refractivity (Wildman–Crippen MR) is 121 cm³/mol. The zero-order chi connectivity index (χ0) is 22.4. The molecule has 1 aliphatic rings. The summed E-state index contributed by atoms with van der Waals surface area (Å²) in [6.07, 6.45) is 1.74. The summed E-state index contributed by atoms with van der Waals surface area (Å²) in [5, 5.41) is 3.09. The van der Waals surface area contributed by atoms with Crippen molar-refractivity contribution in [2.24, 2.45) is 11.8 Å². The Morgan fingerprint density at radius 1 is 1.10 bits per heavy atom. The van der Waals surface area contributed by atoms with Gasteiger partial charge in [0, 0.05) is 24.2 Å². The number of nitrogens with zero attached hydrogens (tertiary/aromatic N) is 1. The number of ether oxygens (including phenoxy) is 2. The minimum atomic E-state index is -0.454. The van der Waals surface area contributed by atoms with Crippen molar-refractivity contribution in [3.05, 3.63) is 54.1 Å². The van der Waals surface area contributed by atoms with Gasteiger partial charge in [-0.3, -0.25) is 9.59 Å². The molecule has 3 rings (SSSR count). The zero-order valence-corrected chi connectivity index (χ0v) is 18.8. The van der Waals surface area contributed by atoms with Crippen LogP contribution in [-0.4, -0.2) is 32.6 Å². The van der Waals surface area contributed by atoms with Gasteiger partial charge >= 0.3 is 0 Å². The van der Waals surface area contributed by atoms with Crippen LogP contribution in [0.4, 0.5) is 5.69 Å². The van der Waals surface area contributed by atoms with E-state index < -0.39 is 6.04 Å². The van der Waals surface area contributed by atoms with E-state index in [-0.39, 0.29) is 17.7 Å². The van der Waals surface area contributed by atoms with Gasteiger partial charge in [-0.1, -0.05) is 32.0 Å². The SMILES string of the molecule is COc1ccc(N2C(=O)CC[C@H](C(=O)NCCC(C)C)[C@@H]2c2ccccc2OC)cc1. The van der Waals surface area contributed by atoms with Crippen molar-refractivity contribution in [3.63, 3.8) is 0 Å². The van der Waals surface area contributed by atoms with E-state index in [0.717, 1.165) is 17.7 Å². The van der Waals surface area contributed by atoms with Crippen LogP contribution in [0.25, 0.3) is 0 Å². The van der Waals surface area contributed by atoms with Gasteiger partial charge in [0.25, 0.3) is 0 Å². The maximum atomic E-state index is 13.2. The van der Waals surface area contributed by atoms with Crippen molar-refractivity contribution < 1.29 is 19.1 Å². The maximum Gasteiger partial charge on any atom is 0.227 e. The first-order chi connectivity index (χ1) is 15.0. The molecule has 0 aliphatic carbocycles. The van der Waals surface area contributed by atoms with Gasteiger partial charge in [-0.05, 0) is 49.1 Å². The Bertz CT molecular complexity index is 895. The normalized spacial score (nSPS) is 18.7. The number of methoxy groups -OCH3 is 2. The average Bonchev–Trinajstić information content (AvgIpc) is 2.78. The molecule has 6 heteroatoms. The number of rotatable bonds is 8. The third-order valence-corrected chi connectivity index (χ3v) is 5.76. The molecule has 6 nitrogen and oxygen atoms in total. The smallest absolute Gasteiger partial charge is 0.227 e. The summed E-state index contributed by atoms with van der Waals surface area (Å²) >= 11 is 0. The van der Waals surface area contributed by atoms with Crippen molar-refractivity contribution in [1.29, 1.82) is 0 Å². The molecule has 1 heterocycles. The van der Waals surface area contributed by atoms with E-state index in [0.29, 0.717) is 36.8 Å². The molecule has 166 valence electrons. The van der Waals surface area contributed by atoms with Crippen molar-refractivity contribution in [1.82, 2.24) is 5.32 Å². The molecule has 0 aromatic heterocycles. The molecule has 0 radical (unpaired) electrons. The quantitative estimate of drug-likeness (QED) is 0.684. The van der Waals surface area contributed by atoms with Crippen LogP contribution in [0.1, 0.15) is 44.7 Å². The Morgan fingerprint density at radius 3 is 2.45 bits per heavy atom.